The van der Waals surface area contributed by atoms with E-state index in [-0.39, 0.29) is 0 Å². The Morgan fingerprint density at radius 1 is 1.41 bits per heavy atom. The van der Waals surface area contributed by atoms with Gasteiger partial charge in [0.05, 0.1) is 16.7 Å². The number of aryl methyl sites for hydroxylation is 2. The lowest BCUT2D eigenvalue weighted by Crippen LogP contribution is -2.31. The molecule has 0 saturated carbocycles. The number of benzene rings is 1. The third-order valence-corrected chi connectivity index (χ3v) is 4.77. The molecular weight excluding hydrogens is 360 g/mol. The van der Waals surface area contributed by atoms with Crippen LogP contribution in [0.4, 0.5) is 5.69 Å². The van der Waals surface area contributed by atoms with Crippen molar-refractivity contribution < 1.29 is 0 Å². The zero-order valence-corrected chi connectivity index (χ0v) is 15.8. The van der Waals surface area contributed by atoms with Crippen LogP contribution in [-0.2, 0) is 13.1 Å². The van der Waals surface area contributed by atoms with Crippen molar-refractivity contribution in [3.63, 3.8) is 0 Å². The highest BCUT2D eigenvalue weighted by molar-refractivity contribution is 9.10. The third kappa shape index (κ3) is 3.87. The highest BCUT2D eigenvalue weighted by Gasteiger charge is 2.12. The number of anilines is 1. The summed E-state index contributed by atoms with van der Waals surface area (Å²) < 4.78 is 2.92. The topological polar surface area (TPSA) is 33.1 Å². The van der Waals surface area contributed by atoms with Crippen molar-refractivity contribution in [1.82, 2.24) is 14.7 Å². The predicted octanol–water partition coefficient (Wildman–Crippen LogP) is 4.11. The molecule has 4 nitrogen and oxygen atoms in total. The van der Waals surface area contributed by atoms with E-state index in [0.29, 0.717) is 11.7 Å². The Bertz CT molecular complexity index is 681. The maximum Gasteiger partial charge on any atom is 0.173 e. The minimum Gasteiger partial charge on any atom is -0.346 e. The lowest BCUT2D eigenvalue weighted by atomic mass is 10.1. The zero-order valence-electron chi connectivity index (χ0n) is 13.4. The van der Waals surface area contributed by atoms with Crippen LogP contribution >= 0.6 is 28.1 Å². The molecule has 1 aromatic heterocycles. The quantitative estimate of drug-likeness (QED) is 0.808. The molecule has 2 aromatic rings. The molecule has 0 radical (unpaired) electrons. The van der Waals surface area contributed by atoms with Gasteiger partial charge in [-0.25, -0.2) is 0 Å². The van der Waals surface area contributed by atoms with Crippen LogP contribution in [0.15, 0.2) is 28.9 Å². The van der Waals surface area contributed by atoms with Crippen LogP contribution in [0, 0.1) is 13.8 Å². The predicted molar refractivity (Wildman–Crippen MR) is 99.2 cm³/mol. The number of nitrogens with zero attached hydrogens (tertiary/aromatic N) is 3. The Morgan fingerprint density at radius 2 is 2.14 bits per heavy atom. The SMILES string of the molecule is CCn1cc(Br)c(CN(C)C(=S)Nc2cccc(C)c2C)n1. The van der Waals surface area contributed by atoms with E-state index in [1.165, 1.54) is 11.1 Å². The monoisotopic (exact) mass is 380 g/mol. The number of aromatic nitrogens is 2. The van der Waals surface area contributed by atoms with Gasteiger partial charge >= 0.3 is 0 Å². The summed E-state index contributed by atoms with van der Waals surface area (Å²) in [7, 11) is 1.97. The van der Waals surface area contributed by atoms with E-state index in [9.17, 15) is 0 Å². The van der Waals surface area contributed by atoms with E-state index in [1.807, 2.05) is 35.0 Å². The number of hydrogen-bond acceptors (Lipinski definition) is 2. The molecule has 1 aromatic carbocycles. The molecule has 0 saturated heterocycles. The van der Waals surface area contributed by atoms with Gasteiger partial charge in [0.1, 0.15) is 0 Å². The van der Waals surface area contributed by atoms with E-state index in [4.69, 9.17) is 12.2 Å². The summed E-state index contributed by atoms with van der Waals surface area (Å²) in [5.41, 5.74) is 4.50. The summed E-state index contributed by atoms with van der Waals surface area (Å²) >= 11 is 9.05. The molecule has 0 bridgehead atoms. The van der Waals surface area contributed by atoms with Crippen LogP contribution in [-0.4, -0.2) is 26.8 Å². The molecule has 22 heavy (non-hydrogen) atoms. The highest BCUT2D eigenvalue weighted by atomic mass is 79.9. The first-order chi connectivity index (χ1) is 10.4. The minimum absolute atomic E-state index is 0.657. The molecule has 0 aliphatic carbocycles. The van der Waals surface area contributed by atoms with Crippen molar-refractivity contribution in [2.45, 2.75) is 33.9 Å². The lowest BCUT2D eigenvalue weighted by Gasteiger charge is -2.21. The van der Waals surface area contributed by atoms with E-state index >= 15 is 0 Å². The molecule has 0 aliphatic rings. The average molecular weight is 381 g/mol. The second-order valence-electron chi connectivity index (χ2n) is 5.31. The Morgan fingerprint density at radius 3 is 2.77 bits per heavy atom. The smallest absolute Gasteiger partial charge is 0.173 e. The fourth-order valence-corrected chi connectivity index (χ4v) is 2.72. The fraction of sp³-hybridized carbons (Fsp3) is 0.375. The van der Waals surface area contributed by atoms with Crippen molar-refractivity contribution in [2.24, 2.45) is 0 Å². The van der Waals surface area contributed by atoms with Crippen LogP contribution in [0.5, 0.6) is 0 Å². The van der Waals surface area contributed by atoms with Crippen molar-refractivity contribution in [1.29, 1.82) is 0 Å². The molecule has 1 heterocycles. The second kappa shape index (κ2) is 7.24. The molecule has 0 fully saturated rings. The molecular formula is C16H21BrN4S. The van der Waals surface area contributed by atoms with Gasteiger partial charge in [-0.2, -0.15) is 5.10 Å². The molecule has 0 atom stereocenters. The van der Waals surface area contributed by atoms with Crippen LogP contribution in [0.25, 0.3) is 0 Å². The van der Waals surface area contributed by atoms with Crippen LogP contribution in [0.2, 0.25) is 0 Å². The maximum atomic E-state index is 5.50. The van der Waals surface area contributed by atoms with Crippen LogP contribution in [0.3, 0.4) is 0 Å². The summed E-state index contributed by atoms with van der Waals surface area (Å²) in [5, 5.41) is 8.54. The summed E-state index contributed by atoms with van der Waals surface area (Å²) in [6.07, 6.45) is 1.99. The zero-order chi connectivity index (χ0) is 16.3. The largest absolute Gasteiger partial charge is 0.346 e. The Kier molecular flexibility index (Phi) is 5.58. The van der Waals surface area contributed by atoms with Gasteiger partial charge in [0, 0.05) is 25.5 Å². The maximum absolute atomic E-state index is 5.50. The van der Waals surface area contributed by atoms with Gasteiger partial charge in [-0.1, -0.05) is 12.1 Å². The van der Waals surface area contributed by atoms with Gasteiger partial charge in [-0.05, 0) is 66.1 Å². The van der Waals surface area contributed by atoms with Gasteiger partial charge in [-0.3, -0.25) is 4.68 Å². The van der Waals surface area contributed by atoms with Gasteiger partial charge in [0.15, 0.2) is 5.11 Å². The first-order valence-electron chi connectivity index (χ1n) is 7.22. The summed E-state index contributed by atoms with van der Waals surface area (Å²) in [6, 6.07) is 6.18. The van der Waals surface area contributed by atoms with Gasteiger partial charge in [-0.15, -0.1) is 0 Å². The molecule has 118 valence electrons. The van der Waals surface area contributed by atoms with Crippen molar-refractivity contribution in [3.05, 3.63) is 45.7 Å². The van der Waals surface area contributed by atoms with Gasteiger partial charge < -0.3 is 10.2 Å². The standard InChI is InChI=1S/C16H21BrN4S/c1-5-21-9-13(17)15(19-21)10-20(4)16(22)18-14-8-6-7-11(2)12(14)3/h6-9H,5,10H2,1-4H3,(H,18,22). The molecule has 0 unspecified atom stereocenters. The number of halogens is 1. The molecule has 2 rings (SSSR count). The van der Waals surface area contributed by atoms with Gasteiger partial charge in [0.2, 0.25) is 0 Å². The Hall–Kier alpha value is -1.40. The number of rotatable bonds is 4. The first kappa shape index (κ1) is 17.0. The van der Waals surface area contributed by atoms with Crippen LogP contribution in [0.1, 0.15) is 23.7 Å². The Balaban J connectivity index is 2.06. The second-order valence-corrected chi connectivity index (χ2v) is 6.55. The third-order valence-electron chi connectivity index (χ3n) is 3.69. The van der Waals surface area contributed by atoms with E-state index in [2.05, 4.69) is 53.2 Å². The molecule has 0 aliphatic heterocycles. The first-order valence-corrected chi connectivity index (χ1v) is 8.42. The number of nitrogens with one attached hydrogen (secondary N) is 1. The fourth-order valence-electron chi connectivity index (χ4n) is 2.10. The Labute approximate surface area is 145 Å². The lowest BCUT2D eigenvalue weighted by molar-refractivity contribution is 0.491. The van der Waals surface area contributed by atoms with E-state index < -0.39 is 0 Å². The number of thiocarbonyl (C=S) groups is 1. The summed E-state index contributed by atoms with van der Waals surface area (Å²) in [6.45, 7) is 7.78. The highest BCUT2D eigenvalue weighted by Crippen LogP contribution is 2.20. The molecule has 1 N–H and O–H groups in total. The summed E-state index contributed by atoms with van der Waals surface area (Å²) in [5.74, 6) is 0. The van der Waals surface area contributed by atoms with Crippen LogP contribution < -0.4 is 5.32 Å². The van der Waals surface area contributed by atoms with Gasteiger partial charge in [0.25, 0.3) is 0 Å². The molecule has 0 amide bonds. The van der Waals surface area contributed by atoms with Crippen molar-refractivity contribution in [3.8, 4) is 0 Å². The van der Waals surface area contributed by atoms with E-state index in [1.54, 1.807) is 0 Å². The summed E-state index contributed by atoms with van der Waals surface area (Å²) in [4.78, 5) is 1.99. The van der Waals surface area contributed by atoms with E-state index in [0.717, 1.165) is 22.4 Å². The number of hydrogen-bond donors (Lipinski definition) is 1. The molecule has 6 heteroatoms. The molecule has 0 spiro atoms. The van der Waals surface area contributed by atoms with Crippen molar-refractivity contribution >= 4 is 38.9 Å². The van der Waals surface area contributed by atoms with Crippen molar-refractivity contribution in [2.75, 3.05) is 12.4 Å². The minimum atomic E-state index is 0.657. The average Bonchev–Trinajstić information content (AvgIpc) is 2.84. The normalized spacial score (nSPS) is 10.6.